The molecule has 1 saturated carbocycles. The molecule has 0 saturated heterocycles. The van der Waals surface area contributed by atoms with Gasteiger partial charge in [0.1, 0.15) is 0 Å². The second-order valence-corrected chi connectivity index (χ2v) is 6.95. The zero-order chi connectivity index (χ0) is 14.0. The van der Waals surface area contributed by atoms with Gasteiger partial charge in [0.15, 0.2) is 0 Å². The van der Waals surface area contributed by atoms with Gasteiger partial charge in [-0.2, -0.15) is 0 Å². The quantitative estimate of drug-likeness (QED) is 0.877. The monoisotopic (exact) mass is 261 g/mol. The number of hydrogen-bond donors (Lipinski definition) is 1. The number of para-hydroxylation sites is 1. The standard InChI is InChI=1S/C17H27NO/c1-17(2,3)15-11-10-14(19)12-16(15)18(4)13-8-6-5-7-9-13/h5-9,14-16,19H,10-12H2,1-4H3. The van der Waals surface area contributed by atoms with Gasteiger partial charge in [-0.15, -0.1) is 0 Å². The topological polar surface area (TPSA) is 23.5 Å². The largest absolute Gasteiger partial charge is 0.393 e. The molecule has 1 N–H and O–H groups in total. The zero-order valence-corrected chi connectivity index (χ0v) is 12.6. The minimum Gasteiger partial charge on any atom is -0.393 e. The Labute approximate surface area is 117 Å². The van der Waals surface area contributed by atoms with Crippen LogP contribution >= 0.6 is 0 Å². The van der Waals surface area contributed by atoms with E-state index in [1.54, 1.807) is 0 Å². The first-order chi connectivity index (χ1) is 8.89. The first-order valence-corrected chi connectivity index (χ1v) is 7.35. The van der Waals surface area contributed by atoms with Crippen molar-refractivity contribution in [1.29, 1.82) is 0 Å². The maximum Gasteiger partial charge on any atom is 0.0560 e. The molecule has 2 heteroatoms. The van der Waals surface area contributed by atoms with Gasteiger partial charge in [0.05, 0.1) is 6.10 Å². The molecule has 3 unspecified atom stereocenters. The van der Waals surface area contributed by atoms with Gasteiger partial charge in [0.2, 0.25) is 0 Å². The summed E-state index contributed by atoms with van der Waals surface area (Å²) in [5.41, 5.74) is 1.53. The number of nitrogens with zero attached hydrogens (tertiary/aromatic N) is 1. The highest BCUT2D eigenvalue weighted by Gasteiger charge is 2.38. The summed E-state index contributed by atoms with van der Waals surface area (Å²) >= 11 is 0. The van der Waals surface area contributed by atoms with Crippen molar-refractivity contribution in [2.24, 2.45) is 11.3 Å². The van der Waals surface area contributed by atoms with E-state index in [2.05, 4.69) is 57.0 Å². The van der Waals surface area contributed by atoms with Crippen molar-refractivity contribution in [1.82, 2.24) is 0 Å². The Balaban J connectivity index is 2.23. The molecule has 3 atom stereocenters. The number of rotatable bonds is 2. The summed E-state index contributed by atoms with van der Waals surface area (Å²) < 4.78 is 0. The lowest BCUT2D eigenvalue weighted by Gasteiger charge is -2.46. The molecule has 0 aromatic heterocycles. The van der Waals surface area contributed by atoms with Gasteiger partial charge in [0, 0.05) is 18.8 Å². The number of benzene rings is 1. The van der Waals surface area contributed by atoms with Gasteiger partial charge in [-0.3, -0.25) is 0 Å². The number of anilines is 1. The van der Waals surface area contributed by atoms with Crippen LogP contribution in [0.25, 0.3) is 0 Å². The Morgan fingerprint density at radius 1 is 1.11 bits per heavy atom. The van der Waals surface area contributed by atoms with Gasteiger partial charge in [-0.1, -0.05) is 39.0 Å². The van der Waals surface area contributed by atoms with Crippen LogP contribution in [0.4, 0.5) is 5.69 Å². The zero-order valence-electron chi connectivity index (χ0n) is 12.6. The van der Waals surface area contributed by atoms with E-state index >= 15 is 0 Å². The van der Waals surface area contributed by atoms with Crippen molar-refractivity contribution >= 4 is 5.69 Å². The van der Waals surface area contributed by atoms with Crippen LogP contribution < -0.4 is 4.90 Å². The minimum absolute atomic E-state index is 0.144. The molecule has 2 rings (SSSR count). The Hall–Kier alpha value is -1.02. The molecule has 1 aliphatic rings. The van der Waals surface area contributed by atoms with Crippen LogP contribution in [0.5, 0.6) is 0 Å². The van der Waals surface area contributed by atoms with Crippen LogP contribution in [0.15, 0.2) is 30.3 Å². The predicted octanol–water partition coefficient (Wildman–Crippen LogP) is 3.70. The van der Waals surface area contributed by atoms with E-state index in [4.69, 9.17) is 0 Å². The van der Waals surface area contributed by atoms with Crippen LogP contribution in [0.3, 0.4) is 0 Å². The van der Waals surface area contributed by atoms with Gasteiger partial charge in [-0.25, -0.2) is 0 Å². The molecule has 2 nitrogen and oxygen atoms in total. The molecule has 0 aliphatic heterocycles. The Morgan fingerprint density at radius 2 is 1.74 bits per heavy atom. The van der Waals surface area contributed by atoms with Crippen LogP contribution in [0, 0.1) is 11.3 Å². The molecule has 0 amide bonds. The molecule has 1 aliphatic carbocycles. The van der Waals surface area contributed by atoms with Crippen LogP contribution in [-0.2, 0) is 0 Å². The van der Waals surface area contributed by atoms with Crippen molar-refractivity contribution in [2.75, 3.05) is 11.9 Å². The first-order valence-electron chi connectivity index (χ1n) is 7.35. The third-order valence-corrected chi connectivity index (χ3v) is 4.56. The van der Waals surface area contributed by atoms with Crippen LogP contribution in [-0.4, -0.2) is 24.3 Å². The average Bonchev–Trinajstić information content (AvgIpc) is 2.37. The van der Waals surface area contributed by atoms with Gasteiger partial charge in [0.25, 0.3) is 0 Å². The van der Waals surface area contributed by atoms with Crippen LogP contribution in [0.1, 0.15) is 40.0 Å². The predicted molar refractivity (Wildman–Crippen MR) is 81.4 cm³/mol. The molecular formula is C17H27NO. The van der Waals surface area contributed by atoms with Crippen molar-refractivity contribution in [3.05, 3.63) is 30.3 Å². The Bertz CT molecular complexity index is 395. The maximum atomic E-state index is 10.0. The van der Waals surface area contributed by atoms with Gasteiger partial charge >= 0.3 is 0 Å². The average molecular weight is 261 g/mol. The summed E-state index contributed by atoms with van der Waals surface area (Å²) in [5, 5.41) is 10.0. The third-order valence-electron chi connectivity index (χ3n) is 4.56. The molecule has 1 fully saturated rings. The summed E-state index contributed by atoms with van der Waals surface area (Å²) in [5.74, 6) is 0.626. The first kappa shape index (κ1) is 14.4. The minimum atomic E-state index is -0.144. The highest BCUT2D eigenvalue weighted by atomic mass is 16.3. The van der Waals surface area contributed by atoms with Crippen LogP contribution in [0.2, 0.25) is 0 Å². The molecule has 0 bridgehead atoms. The van der Waals surface area contributed by atoms with Crippen molar-refractivity contribution < 1.29 is 5.11 Å². The molecule has 106 valence electrons. The molecular weight excluding hydrogens is 234 g/mol. The summed E-state index contributed by atoms with van der Waals surface area (Å²) in [6.07, 6.45) is 2.80. The number of aliphatic hydroxyl groups excluding tert-OH is 1. The van der Waals surface area contributed by atoms with E-state index in [1.807, 2.05) is 6.07 Å². The normalized spacial score (nSPS) is 28.2. The van der Waals surface area contributed by atoms with E-state index in [1.165, 1.54) is 5.69 Å². The lowest BCUT2D eigenvalue weighted by Crippen LogP contribution is -2.48. The number of aliphatic hydroxyl groups is 1. The summed E-state index contributed by atoms with van der Waals surface area (Å²) in [7, 11) is 2.16. The highest BCUT2D eigenvalue weighted by molar-refractivity contribution is 5.46. The van der Waals surface area contributed by atoms with Crippen molar-refractivity contribution in [3.8, 4) is 0 Å². The molecule has 0 heterocycles. The Kier molecular flexibility index (Phi) is 4.19. The second kappa shape index (κ2) is 5.54. The van der Waals surface area contributed by atoms with Crippen molar-refractivity contribution in [3.63, 3.8) is 0 Å². The van der Waals surface area contributed by atoms with E-state index in [0.29, 0.717) is 12.0 Å². The summed E-state index contributed by atoms with van der Waals surface area (Å²) in [6, 6.07) is 10.9. The molecule has 19 heavy (non-hydrogen) atoms. The molecule has 1 aromatic rings. The molecule has 1 aromatic carbocycles. The Morgan fingerprint density at radius 3 is 2.32 bits per heavy atom. The fourth-order valence-electron chi connectivity index (χ4n) is 3.42. The van der Waals surface area contributed by atoms with E-state index < -0.39 is 0 Å². The second-order valence-electron chi connectivity index (χ2n) is 6.95. The maximum absolute atomic E-state index is 10.0. The van der Waals surface area contributed by atoms with Gasteiger partial charge in [-0.05, 0) is 42.7 Å². The molecule has 0 spiro atoms. The fourth-order valence-corrected chi connectivity index (χ4v) is 3.42. The summed E-state index contributed by atoms with van der Waals surface area (Å²) in [4.78, 5) is 2.36. The molecule has 0 radical (unpaired) electrons. The SMILES string of the molecule is CN(c1ccccc1)C1CC(O)CCC1C(C)(C)C. The highest BCUT2D eigenvalue weighted by Crippen LogP contribution is 2.41. The summed E-state index contributed by atoms with van der Waals surface area (Å²) in [6.45, 7) is 6.96. The van der Waals surface area contributed by atoms with E-state index in [0.717, 1.165) is 19.3 Å². The smallest absolute Gasteiger partial charge is 0.0560 e. The lowest BCUT2D eigenvalue weighted by molar-refractivity contribution is 0.0546. The number of hydrogen-bond acceptors (Lipinski definition) is 2. The fraction of sp³-hybridized carbons (Fsp3) is 0.647. The van der Waals surface area contributed by atoms with E-state index in [-0.39, 0.29) is 11.5 Å². The lowest BCUT2D eigenvalue weighted by atomic mass is 9.68. The van der Waals surface area contributed by atoms with Gasteiger partial charge < -0.3 is 10.0 Å². The van der Waals surface area contributed by atoms with Crippen molar-refractivity contribution in [2.45, 2.75) is 52.2 Å². The third kappa shape index (κ3) is 3.30. The van der Waals surface area contributed by atoms with E-state index in [9.17, 15) is 5.11 Å².